The van der Waals surface area contributed by atoms with Gasteiger partial charge in [0, 0.05) is 30.9 Å². The highest BCUT2D eigenvalue weighted by atomic mass is 16.5. The largest absolute Gasteiger partial charge is 0.493 e. The lowest BCUT2D eigenvalue weighted by molar-refractivity contribution is 0.102. The average molecular weight is 374 g/mol. The van der Waals surface area contributed by atoms with E-state index in [4.69, 9.17) is 18.9 Å². The summed E-state index contributed by atoms with van der Waals surface area (Å²) in [5, 5.41) is 2.77. The number of carbonyl (C=O) groups excluding carboxylic acids is 1. The summed E-state index contributed by atoms with van der Waals surface area (Å²) in [6.45, 7) is 2.83. The molecule has 0 atom stereocenters. The Labute approximate surface area is 157 Å². The number of hydrogen-bond acceptors (Lipinski definition) is 8. The molecular weight excluding hydrogens is 352 g/mol. The molecule has 3 rings (SSSR count). The van der Waals surface area contributed by atoms with Crippen LogP contribution in [0.5, 0.6) is 17.2 Å². The summed E-state index contributed by atoms with van der Waals surface area (Å²) in [6, 6.07) is 3.30. The van der Waals surface area contributed by atoms with E-state index < -0.39 is 0 Å². The highest BCUT2D eigenvalue weighted by Crippen LogP contribution is 2.39. The lowest BCUT2D eigenvalue weighted by Gasteiger charge is -2.27. The minimum atomic E-state index is -0.384. The number of carbonyl (C=O) groups is 1. The van der Waals surface area contributed by atoms with Crippen LogP contribution in [0.4, 0.5) is 11.5 Å². The van der Waals surface area contributed by atoms with Crippen molar-refractivity contribution in [1.82, 2.24) is 9.97 Å². The topological polar surface area (TPSA) is 95.0 Å². The van der Waals surface area contributed by atoms with E-state index in [-0.39, 0.29) is 11.6 Å². The number of rotatable bonds is 6. The van der Waals surface area contributed by atoms with Crippen molar-refractivity contribution in [3.8, 4) is 17.2 Å². The molecule has 27 heavy (non-hydrogen) atoms. The average Bonchev–Trinajstić information content (AvgIpc) is 2.73. The van der Waals surface area contributed by atoms with E-state index in [0.717, 1.165) is 18.9 Å². The first kappa shape index (κ1) is 18.7. The third-order valence-corrected chi connectivity index (χ3v) is 4.13. The van der Waals surface area contributed by atoms with Gasteiger partial charge in [0.2, 0.25) is 5.75 Å². The number of morpholine rings is 1. The Morgan fingerprint density at radius 2 is 1.70 bits per heavy atom. The lowest BCUT2D eigenvalue weighted by Crippen LogP contribution is -2.36. The first-order valence-corrected chi connectivity index (χ1v) is 8.42. The fraction of sp³-hybridized carbons (Fsp3) is 0.389. The Balaban J connectivity index is 1.75. The van der Waals surface area contributed by atoms with Crippen LogP contribution in [0.2, 0.25) is 0 Å². The van der Waals surface area contributed by atoms with Crippen molar-refractivity contribution in [3.05, 3.63) is 30.2 Å². The molecule has 0 radical (unpaired) electrons. The zero-order valence-electron chi connectivity index (χ0n) is 15.5. The van der Waals surface area contributed by atoms with Crippen LogP contribution in [0.1, 0.15) is 10.5 Å². The first-order chi connectivity index (χ1) is 13.2. The normalized spacial score (nSPS) is 13.8. The summed E-state index contributed by atoms with van der Waals surface area (Å²) < 4.78 is 21.2. The zero-order chi connectivity index (χ0) is 19.2. The molecule has 1 aromatic carbocycles. The SMILES string of the molecule is COc1cc(NC(=O)c2cnc(N3CCOCC3)cn2)cc(OC)c1OC. The molecule has 2 heterocycles. The van der Waals surface area contributed by atoms with Gasteiger partial charge in [-0.05, 0) is 0 Å². The number of hydrogen-bond donors (Lipinski definition) is 1. The molecular formula is C18H22N4O5. The lowest BCUT2D eigenvalue weighted by atomic mass is 10.2. The van der Waals surface area contributed by atoms with E-state index in [1.54, 1.807) is 18.3 Å². The molecule has 0 bridgehead atoms. The van der Waals surface area contributed by atoms with Crippen LogP contribution in [0, 0.1) is 0 Å². The molecule has 1 aromatic heterocycles. The number of ether oxygens (including phenoxy) is 4. The van der Waals surface area contributed by atoms with Crippen LogP contribution in [0.15, 0.2) is 24.5 Å². The molecule has 0 spiro atoms. The van der Waals surface area contributed by atoms with Gasteiger partial charge in [-0.3, -0.25) is 4.79 Å². The number of nitrogens with zero attached hydrogens (tertiary/aromatic N) is 3. The van der Waals surface area contributed by atoms with Crippen molar-refractivity contribution in [3.63, 3.8) is 0 Å². The predicted octanol–water partition coefficient (Wildman–Crippen LogP) is 1.59. The summed E-state index contributed by atoms with van der Waals surface area (Å²) in [5.41, 5.74) is 0.703. The predicted molar refractivity (Wildman–Crippen MR) is 99.1 cm³/mol. The van der Waals surface area contributed by atoms with Gasteiger partial charge in [-0.25, -0.2) is 9.97 Å². The van der Waals surface area contributed by atoms with E-state index in [2.05, 4.69) is 20.2 Å². The van der Waals surface area contributed by atoms with Gasteiger partial charge in [0.25, 0.3) is 5.91 Å². The van der Waals surface area contributed by atoms with Gasteiger partial charge in [0.15, 0.2) is 11.5 Å². The van der Waals surface area contributed by atoms with Gasteiger partial charge in [-0.1, -0.05) is 0 Å². The number of anilines is 2. The van der Waals surface area contributed by atoms with Crippen LogP contribution in [-0.2, 0) is 4.74 Å². The molecule has 1 saturated heterocycles. The van der Waals surface area contributed by atoms with E-state index >= 15 is 0 Å². The van der Waals surface area contributed by atoms with Gasteiger partial charge in [0.05, 0.1) is 46.9 Å². The van der Waals surface area contributed by atoms with Gasteiger partial charge in [0.1, 0.15) is 11.5 Å². The zero-order valence-corrected chi connectivity index (χ0v) is 15.5. The molecule has 1 aliphatic rings. The molecule has 0 unspecified atom stereocenters. The third kappa shape index (κ3) is 4.20. The van der Waals surface area contributed by atoms with Gasteiger partial charge in [-0.15, -0.1) is 0 Å². The fourth-order valence-corrected chi connectivity index (χ4v) is 2.74. The molecule has 1 amide bonds. The second kappa shape index (κ2) is 8.54. The number of aromatic nitrogens is 2. The number of amides is 1. The Hall–Kier alpha value is -3.07. The summed E-state index contributed by atoms with van der Waals surface area (Å²) >= 11 is 0. The van der Waals surface area contributed by atoms with Crippen LogP contribution < -0.4 is 24.4 Å². The number of methoxy groups -OCH3 is 3. The summed E-state index contributed by atoms with van der Waals surface area (Å²) in [7, 11) is 4.54. The van der Waals surface area contributed by atoms with Crippen LogP contribution >= 0.6 is 0 Å². The van der Waals surface area contributed by atoms with E-state index in [9.17, 15) is 4.79 Å². The Bertz CT molecular complexity index is 766. The standard InChI is InChI=1S/C18H22N4O5/c1-24-14-8-12(9-15(25-2)17(14)26-3)21-18(23)13-10-20-16(11-19-13)22-4-6-27-7-5-22/h8-11H,4-7H2,1-3H3,(H,21,23). The van der Waals surface area contributed by atoms with E-state index in [1.165, 1.54) is 27.5 Å². The molecule has 0 aliphatic carbocycles. The summed E-state index contributed by atoms with van der Waals surface area (Å²) in [5.74, 6) is 1.68. The number of benzene rings is 1. The van der Waals surface area contributed by atoms with E-state index in [1.807, 2.05) is 0 Å². The molecule has 0 saturated carbocycles. The summed E-state index contributed by atoms with van der Waals surface area (Å²) in [4.78, 5) is 23.1. The first-order valence-electron chi connectivity index (χ1n) is 8.42. The smallest absolute Gasteiger partial charge is 0.275 e. The van der Waals surface area contributed by atoms with Crippen LogP contribution in [0.25, 0.3) is 0 Å². The maximum atomic E-state index is 12.5. The van der Waals surface area contributed by atoms with Crippen LogP contribution in [0.3, 0.4) is 0 Å². The third-order valence-electron chi connectivity index (χ3n) is 4.13. The highest BCUT2D eigenvalue weighted by molar-refractivity contribution is 6.03. The van der Waals surface area contributed by atoms with Crippen molar-refractivity contribution in [1.29, 1.82) is 0 Å². The van der Waals surface area contributed by atoms with Crippen molar-refractivity contribution in [2.45, 2.75) is 0 Å². The minimum Gasteiger partial charge on any atom is -0.493 e. The molecule has 144 valence electrons. The van der Waals surface area contributed by atoms with Crippen molar-refractivity contribution in [2.24, 2.45) is 0 Å². The molecule has 1 fully saturated rings. The minimum absolute atomic E-state index is 0.209. The Morgan fingerprint density at radius 3 is 2.22 bits per heavy atom. The number of nitrogens with one attached hydrogen (secondary N) is 1. The maximum Gasteiger partial charge on any atom is 0.275 e. The monoisotopic (exact) mass is 374 g/mol. The van der Waals surface area contributed by atoms with Crippen LogP contribution in [-0.4, -0.2) is 63.5 Å². The Morgan fingerprint density at radius 1 is 1.04 bits per heavy atom. The molecule has 1 aliphatic heterocycles. The molecule has 1 N–H and O–H groups in total. The second-order valence-electron chi connectivity index (χ2n) is 5.73. The highest BCUT2D eigenvalue weighted by Gasteiger charge is 2.17. The van der Waals surface area contributed by atoms with E-state index in [0.29, 0.717) is 36.1 Å². The van der Waals surface area contributed by atoms with Crippen molar-refractivity contribution >= 4 is 17.4 Å². The molecule has 2 aromatic rings. The van der Waals surface area contributed by atoms with Crippen molar-refractivity contribution < 1.29 is 23.7 Å². The quantitative estimate of drug-likeness (QED) is 0.815. The summed E-state index contributed by atoms with van der Waals surface area (Å²) in [6.07, 6.45) is 3.05. The van der Waals surface area contributed by atoms with Gasteiger partial charge < -0.3 is 29.2 Å². The van der Waals surface area contributed by atoms with Gasteiger partial charge >= 0.3 is 0 Å². The second-order valence-corrected chi connectivity index (χ2v) is 5.73. The molecule has 9 heteroatoms. The Kier molecular flexibility index (Phi) is 5.92. The van der Waals surface area contributed by atoms with Crippen molar-refractivity contribution in [2.75, 3.05) is 57.8 Å². The molecule has 9 nitrogen and oxygen atoms in total. The maximum absolute atomic E-state index is 12.5. The fourth-order valence-electron chi connectivity index (χ4n) is 2.74. The van der Waals surface area contributed by atoms with Gasteiger partial charge in [-0.2, -0.15) is 0 Å².